The molecule has 3 aromatic carbocycles. The maximum atomic E-state index is 13.6. The van der Waals surface area contributed by atoms with Crippen LogP contribution in [0.4, 0.5) is 0 Å². The number of nitrogens with one attached hydrogen (secondary N) is 1. The van der Waals surface area contributed by atoms with E-state index in [0.29, 0.717) is 12.2 Å². The van der Waals surface area contributed by atoms with Gasteiger partial charge in [-0.05, 0) is 62.6 Å². The lowest BCUT2D eigenvalue weighted by Gasteiger charge is -2.33. The van der Waals surface area contributed by atoms with Gasteiger partial charge in [-0.1, -0.05) is 76.6 Å². The van der Waals surface area contributed by atoms with Crippen molar-refractivity contribution in [2.45, 2.75) is 52.2 Å². The predicted molar refractivity (Wildman–Crippen MR) is 143 cm³/mol. The van der Waals surface area contributed by atoms with E-state index >= 15 is 0 Å². The number of para-hydroxylation sites is 1. The SMILES string of the molecule is Cc1ccccc1OCC(=O)N(Cc1cccc(Br)c1)[C@H](Cc1ccccc1)C(=O)NC(C)(C)C. The van der Waals surface area contributed by atoms with Crippen LogP contribution >= 0.6 is 15.9 Å². The smallest absolute Gasteiger partial charge is 0.261 e. The summed E-state index contributed by atoms with van der Waals surface area (Å²) in [7, 11) is 0. The molecule has 0 spiro atoms. The largest absolute Gasteiger partial charge is 0.484 e. The van der Waals surface area contributed by atoms with E-state index in [9.17, 15) is 9.59 Å². The zero-order valence-electron chi connectivity index (χ0n) is 20.8. The van der Waals surface area contributed by atoms with Gasteiger partial charge in [0.1, 0.15) is 11.8 Å². The highest BCUT2D eigenvalue weighted by molar-refractivity contribution is 9.10. The molecular weight excluding hydrogens is 504 g/mol. The minimum atomic E-state index is -0.705. The van der Waals surface area contributed by atoms with Crippen LogP contribution in [-0.2, 0) is 22.6 Å². The molecule has 0 aromatic heterocycles. The molecular formula is C29H33BrN2O3. The Morgan fingerprint density at radius 1 is 0.943 bits per heavy atom. The lowest BCUT2D eigenvalue weighted by molar-refractivity contribution is -0.143. The molecule has 6 heteroatoms. The van der Waals surface area contributed by atoms with E-state index < -0.39 is 11.6 Å². The molecule has 2 amide bonds. The summed E-state index contributed by atoms with van der Waals surface area (Å²) in [6.07, 6.45) is 0.396. The number of carbonyl (C=O) groups is 2. The predicted octanol–water partition coefficient (Wildman–Crippen LogP) is 5.69. The topological polar surface area (TPSA) is 58.6 Å². The van der Waals surface area contributed by atoms with Crippen molar-refractivity contribution >= 4 is 27.7 Å². The van der Waals surface area contributed by atoms with E-state index in [1.54, 1.807) is 4.90 Å². The van der Waals surface area contributed by atoms with E-state index in [4.69, 9.17) is 4.74 Å². The number of aryl methyl sites for hydroxylation is 1. The van der Waals surface area contributed by atoms with E-state index in [1.165, 1.54) is 0 Å². The van der Waals surface area contributed by atoms with Crippen molar-refractivity contribution in [1.29, 1.82) is 0 Å². The average Bonchev–Trinajstić information content (AvgIpc) is 2.80. The normalized spacial score (nSPS) is 12.0. The Bertz CT molecular complexity index is 1140. The standard InChI is InChI=1S/C29H33BrN2O3/c1-21-11-8-9-16-26(21)35-20-27(33)32(19-23-14-10-15-24(30)17-23)25(28(34)31-29(2,3)4)18-22-12-6-5-7-13-22/h5-17,25H,18-20H2,1-4H3,(H,31,34)/t25-/m1/s1. The van der Waals surface area contributed by atoms with Crippen molar-refractivity contribution in [2.75, 3.05) is 6.61 Å². The quantitative estimate of drug-likeness (QED) is 0.382. The summed E-state index contributed by atoms with van der Waals surface area (Å²) < 4.78 is 6.80. The molecule has 1 atom stereocenters. The summed E-state index contributed by atoms with van der Waals surface area (Å²) in [5, 5.41) is 3.07. The molecule has 0 radical (unpaired) electrons. The van der Waals surface area contributed by atoms with Crippen molar-refractivity contribution in [2.24, 2.45) is 0 Å². The lowest BCUT2D eigenvalue weighted by Crippen LogP contribution is -2.55. The third-order valence-corrected chi connectivity index (χ3v) is 5.95. The maximum Gasteiger partial charge on any atom is 0.261 e. The Balaban J connectivity index is 1.94. The Hall–Kier alpha value is -3.12. The van der Waals surface area contributed by atoms with Crippen molar-refractivity contribution in [3.05, 3.63) is 100 Å². The molecule has 0 aliphatic carbocycles. The molecule has 184 valence electrons. The van der Waals surface area contributed by atoms with Crippen LogP contribution in [0.3, 0.4) is 0 Å². The highest BCUT2D eigenvalue weighted by Gasteiger charge is 2.32. The molecule has 5 nitrogen and oxygen atoms in total. The number of hydrogen-bond acceptors (Lipinski definition) is 3. The third-order valence-electron chi connectivity index (χ3n) is 5.46. The first kappa shape index (κ1) is 26.5. The van der Waals surface area contributed by atoms with Gasteiger partial charge in [-0.3, -0.25) is 9.59 Å². The van der Waals surface area contributed by atoms with Gasteiger partial charge in [-0.15, -0.1) is 0 Å². The molecule has 0 unspecified atom stereocenters. The summed E-state index contributed by atoms with van der Waals surface area (Å²) in [6, 6.07) is 24.4. The fourth-order valence-electron chi connectivity index (χ4n) is 3.78. The molecule has 1 N–H and O–H groups in total. The summed E-state index contributed by atoms with van der Waals surface area (Å²) in [5.41, 5.74) is 2.41. The molecule has 0 bridgehead atoms. The molecule has 35 heavy (non-hydrogen) atoms. The van der Waals surface area contributed by atoms with Gasteiger partial charge in [0, 0.05) is 23.0 Å². The maximum absolute atomic E-state index is 13.6. The zero-order valence-corrected chi connectivity index (χ0v) is 22.3. The number of ether oxygens (including phenoxy) is 1. The molecule has 0 saturated heterocycles. The Morgan fingerprint density at radius 3 is 2.26 bits per heavy atom. The summed E-state index contributed by atoms with van der Waals surface area (Å²) in [4.78, 5) is 28.8. The van der Waals surface area contributed by atoms with Crippen LogP contribution in [0.15, 0.2) is 83.3 Å². The van der Waals surface area contributed by atoms with Gasteiger partial charge in [0.05, 0.1) is 0 Å². The second kappa shape index (κ2) is 12.0. The van der Waals surface area contributed by atoms with Gasteiger partial charge < -0.3 is 15.0 Å². The first-order valence-corrected chi connectivity index (χ1v) is 12.5. The van der Waals surface area contributed by atoms with Gasteiger partial charge in [0.25, 0.3) is 5.91 Å². The van der Waals surface area contributed by atoms with Crippen LogP contribution < -0.4 is 10.1 Å². The Morgan fingerprint density at radius 2 is 1.60 bits per heavy atom. The zero-order chi connectivity index (χ0) is 25.4. The minimum Gasteiger partial charge on any atom is -0.484 e. The van der Waals surface area contributed by atoms with Crippen LogP contribution in [0.25, 0.3) is 0 Å². The number of amides is 2. The molecule has 3 aromatic rings. The monoisotopic (exact) mass is 536 g/mol. The fraction of sp³-hybridized carbons (Fsp3) is 0.310. The molecule has 0 fully saturated rings. The van der Waals surface area contributed by atoms with Crippen molar-refractivity contribution < 1.29 is 14.3 Å². The Kier molecular flexibility index (Phi) is 9.10. The van der Waals surface area contributed by atoms with Crippen LogP contribution in [0, 0.1) is 6.92 Å². The minimum absolute atomic E-state index is 0.160. The third kappa shape index (κ3) is 8.25. The summed E-state index contributed by atoms with van der Waals surface area (Å²) in [6.45, 7) is 7.87. The molecule has 0 heterocycles. The molecule has 0 saturated carbocycles. The van der Waals surface area contributed by atoms with Crippen LogP contribution in [0.1, 0.15) is 37.5 Å². The van der Waals surface area contributed by atoms with Gasteiger partial charge in [-0.2, -0.15) is 0 Å². The number of halogens is 1. The van der Waals surface area contributed by atoms with Crippen LogP contribution in [-0.4, -0.2) is 34.9 Å². The summed E-state index contributed by atoms with van der Waals surface area (Å²) >= 11 is 3.51. The molecule has 0 aliphatic heterocycles. The van der Waals surface area contributed by atoms with Crippen molar-refractivity contribution in [1.82, 2.24) is 10.2 Å². The fourth-order valence-corrected chi connectivity index (χ4v) is 4.23. The van der Waals surface area contributed by atoms with E-state index in [0.717, 1.165) is 21.2 Å². The second-order valence-corrected chi connectivity index (χ2v) is 10.6. The van der Waals surface area contributed by atoms with Gasteiger partial charge in [-0.25, -0.2) is 0 Å². The molecule has 3 rings (SSSR count). The number of rotatable bonds is 9. The highest BCUT2D eigenvalue weighted by Crippen LogP contribution is 2.20. The highest BCUT2D eigenvalue weighted by atomic mass is 79.9. The number of hydrogen-bond donors (Lipinski definition) is 1. The molecule has 0 aliphatic rings. The summed E-state index contributed by atoms with van der Waals surface area (Å²) in [5.74, 6) is 0.209. The van der Waals surface area contributed by atoms with Gasteiger partial charge >= 0.3 is 0 Å². The number of nitrogens with zero attached hydrogens (tertiary/aromatic N) is 1. The van der Waals surface area contributed by atoms with Gasteiger partial charge in [0.15, 0.2) is 6.61 Å². The van der Waals surface area contributed by atoms with Crippen LogP contribution in [0.5, 0.6) is 5.75 Å². The van der Waals surface area contributed by atoms with E-state index in [1.807, 2.05) is 107 Å². The number of benzene rings is 3. The van der Waals surface area contributed by atoms with Gasteiger partial charge in [0.2, 0.25) is 5.91 Å². The van der Waals surface area contributed by atoms with E-state index in [-0.39, 0.29) is 25.0 Å². The van der Waals surface area contributed by atoms with Crippen molar-refractivity contribution in [3.63, 3.8) is 0 Å². The first-order valence-electron chi connectivity index (χ1n) is 11.7. The first-order chi connectivity index (χ1) is 16.6. The van der Waals surface area contributed by atoms with Crippen molar-refractivity contribution in [3.8, 4) is 5.75 Å². The second-order valence-electron chi connectivity index (χ2n) is 9.65. The Labute approximate surface area is 216 Å². The van der Waals surface area contributed by atoms with E-state index in [2.05, 4.69) is 21.2 Å². The average molecular weight is 537 g/mol. The van der Waals surface area contributed by atoms with Crippen LogP contribution in [0.2, 0.25) is 0 Å². The number of carbonyl (C=O) groups excluding carboxylic acids is 2. The lowest BCUT2D eigenvalue weighted by atomic mass is 10.0.